The van der Waals surface area contributed by atoms with Gasteiger partial charge in [-0.25, -0.2) is 0 Å². The van der Waals surface area contributed by atoms with Crippen LogP contribution in [0.2, 0.25) is 0 Å². The molecule has 2 N–H and O–H groups in total. The topological polar surface area (TPSA) is 57.0 Å². The van der Waals surface area contributed by atoms with Gasteiger partial charge < -0.3 is 10.2 Å². The van der Waals surface area contributed by atoms with Crippen LogP contribution in [0.5, 0.6) is 0 Å². The molecular formula is C13H18BrN3O. The van der Waals surface area contributed by atoms with Gasteiger partial charge in [0.25, 0.3) is 0 Å². The van der Waals surface area contributed by atoms with E-state index in [-0.39, 0.29) is 6.04 Å². The second-order valence-corrected chi connectivity index (χ2v) is 5.23. The number of aryl methyl sites for hydroxylation is 3. The summed E-state index contributed by atoms with van der Waals surface area (Å²) in [7, 11) is 1.94. The Hall–Kier alpha value is -1.07. The Morgan fingerprint density at radius 2 is 2.28 bits per heavy atom. The van der Waals surface area contributed by atoms with Crippen LogP contribution < -0.4 is 5.73 Å². The van der Waals surface area contributed by atoms with Crippen molar-refractivity contribution in [2.45, 2.75) is 32.7 Å². The standard InChI is InChI=1S/C13H18BrN3O/c1-4-12-9(5-6-18-12)10(15)7-11-13(14)8(2)16-17(11)3/h5-6,10H,4,7,15H2,1-3H3. The minimum absolute atomic E-state index is 0.0650. The van der Waals surface area contributed by atoms with E-state index in [2.05, 4.69) is 28.0 Å². The Labute approximate surface area is 115 Å². The van der Waals surface area contributed by atoms with Crippen LogP contribution in [0.15, 0.2) is 21.2 Å². The highest BCUT2D eigenvalue weighted by Gasteiger charge is 2.18. The van der Waals surface area contributed by atoms with Crippen molar-refractivity contribution in [1.82, 2.24) is 9.78 Å². The van der Waals surface area contributed by atoms with E-state index in [1.165, 1.54) is 0 Å². The summed E-state index contributed by atoms with van der Waals surface area (Å²) in [6.45, 7) is 4.05. The first-order valence-corrected chi connectivity index (χ1v) is 6.83. The molecule has 0 spiro atoms. The lowest BCUT2D eigenvalue weighted by atomic mass is 10.0. The van der Waals surface area contributed by atoms with Crippen LogP contribution in [0.3, 0.4) is 0 Å². The maximum absolute atomic E-state index is 6.27. The van der Waals surface area contributed by atoms with Crippen molar-refractivity contribution >= 4 is 15.9 Å². The van der Waals surface area contributed by atoms with Crippen LogP contribution in [-0.2, 0) is 19.9 Å². The van der Waals surface area contributed by atoms with E-state index in [0.717, 1.165) is 40.0 Å². The van der Waals surface area contributed by atoms with Gasteiger partial charge in [0, 0.05) is 31.5 Å². The molecule has 0 bridgehead atoms. The Balaban J connectivity index is 2.24. The van der Waals surface area contributed by atoms with E-state index in [0.29, 0.717) is 0 Å². The number of hydrogen-bond acceptors (Lipinski definition) is 3. The molecule has 0 aliphatic rings. The zero-order valence-corrected chi connectivity index (χ0v) is 12.5. The molecule has 0 fully saturated rings. The largest absolute Gasteiger partial charge is 0.469 e. The first kappa shape index (κ1) is 13.4. The van der Waals surface area contributed by atoms with Gasteiger partial charge in [0.2, 0.25) is 0 Å². The van der Waals surface area contributed by atoms with Crippen LogP contribution >= 0.6 is 15.9 Å². The van der Waals surface area contributed by atoms with E-state index in [1.807, 2.05) is 24.7 Å². The first-order chi connectivity index (χ1) is 8.54. The summed E-state index contributed by atoms with van der Waals surface area (Å²) in [4.78, 5) is 0. The molecule has 5 heteroatoms. The summed E-state index contributed by atoms with van der Waals surface area (Å²) in [6, 6.07) is 1.89. The Kier molecular flexibility index (Phi) is 3.92. The summed E-state index contributed by atoms with van der Waals surface area (Å²) in [6.07, 6.45) is 3.31. The second kappa shape index (κ2) is 5.28. The van der Waals surface area contributed by atoms with Crippen LogP contribution in [0.4, 0.5) is 0 Å². The van der Waals surface area contributed by atoms with Gasteiger partial charge in [-0.3, -0.25) is 4.68 Å². The summed E-state index contributed by atoms with van der Waals surface area (Å²) in [5.74, 6) is 0.970. The zero-order valence-electron chi connectivity index (χ0n) is 10.9. The van der Waals surface area contributed by atoms with E-state index in [9.17, 15) is 0 Å². The van der Waals surface area contributed by atoms with Crippen LogP contribution in [0.1, 0.15) is 35.7 Å². The molecule has 0 aromatic carbocycles. The molecule has 0 saturated heterocycles. The fourth-order valence-electron chi connectivity index (χ4n) is 2.19. The van der Waals surface area contributed by atoms with Crippen LogP contribution in [-0.4, -0.2) is 9.78 Å². The summed E-state index contributed by atoms with van der Waals surface area (Å²) >= 11 is 3.57. The number of nitrogens with zero attached hydrogens (tertiary/aromatic N) is 2. The maximum Gasteiger partial charge on any atom is 0.108 e. The molecule has 2 rings (SSSR count). The molecule has 0 radical (unpaired) electrons. The molecule has 2 aromatic heterocycles. The molecule has 98 valence electrons. The van der Waals surface area contributed by atoms with E-state index in [1.54, 1.807) is 6.26 Å². The lowest BCUT2D eigenvalue weighted by Gasteiger charge is -2.12. The zero-order chi connectivity index (χ0) is 13.3. The number of hydrogen-bond donors (Lipinski definition) is 1. The van der Waals surface area contributed by atoms with E-state index < -0.39 is 0 Å². The highest BCUT2D eigenvalue weighted by molar-refractivity contribution is 9.10. The Bertz CT molecular complexity index is 544. The molecular weight excluding hydrogens is 294 g/mol. The minimum atomic E-state index is -0.0650. The molecule has 2 aromatic rings. The third-order valence-corrected chi connectivity index (χ3v) is 4.21. The normalized spacial score (nSPS) is 12.9. The fraction of sp³-hybridized carbons (Fsp3) is 0.462. The molecule has 1 unspecified atom stereocenters. The summed E-state index contributed by atoms with van der Waals surface area (Å²) in [5.41, 5.74) is 9.46. The van der Waals surface area contributed by atoms with Crippen LogP contribution in [0.25, 0.3) is 0 Å². The van der Waals surface area contributed by atoms with Crippen molar-refractivity contribution < 1.29 is 4.42 Å². The number of aromatic nitrogens is 2. The van der Waals surface area contributed by atoms with Crippen molar-refractivity contribution in [1.29, 1.82) is 0 Å². The smallest absolute Gasteiger partial charge is 0.108 e. The first-order valence-electron chi connectivity index (χ1n) is 6.04. The Morgan fingerprint density at radius 3 is 2.83 bits per heavy atom. The summed E-state index contributed by atoms with van der Waals surface area (Å²) in [5, 5.41) is 4.38. The Morgan fingerprint density at radius 1 is 1.56 bits per heavy atom. The van der Waals surface area contributed by atoms with Gasteiger partial charge in [0.15, 0.2) is 0 Å². The molecule has 1 atom stereocenters. The highest BCUT2D eigenvalue weighted by atomic mass is 79.9. The molecule has 0 aliphatic heterocycles. The van der Waals surface area contributed by atoms with Crippen molar-refractivity contribution in [3.8, 4) is 0 Å². The van der Waals surface area contributed by atoms with Crippen molar-refractivity contribution in [3.63, 3.8) is 0 Å². The predicted octanol–water partition coefficient (Wildman–Crippen LogP) is 2.89. The van der Waals surface area contributed by atoms with Crippen molar-refractivity contribution in [2.75, 3.05) is 0 Å². The SMILES string of the molecule is CCc1occc1C(N)Cc1c(Br)c(C)nn1C. The van der Waals surface area contributed by atoms with Gasteiger partial charge in [0.05, 0.1) is 22.1 Å². The lowest BCUT2D eigenvalue weighted by molar-refractivity contribution is 0.504. The third-order valence-electron chi connectivity index (χ3n) is 3.18. The predicted molar refractivity (Wildman–Crippen MR) is 74.4 cm³/mol. The molecule has 2 heterocycles. The number of nitrogens with two attached hydrogens (primary N) is 1. The number of furan rings is 1. The van der Waals surface area contributed by atoms with Gasteiger partial charge in [0.1, 0.15) is 5.76 Å². The van der Waals surface area contributed by atoms with E-state index in [4.69, 9.17) is 10.2 Å². The van der Waals surface area contributed by atoms with Gasteiger partial charge in [-0.1, -0.05) is 6.92 Å². The average molecular weight is 312 g/mol. The van der Waals surface area contributed by atoms with Gasteiger partial charge in [-0.2, -0.15) is 5.10 Å². The van der Waals surface area contributed by atoms with Gasteiger partial charge in [-0.15, -0.1) is 0 Å². The lowest BCUT2D eigenvalue weighted by Crippen LogP contribution is -2.16. The minimum Gasteiger partial charge on any atom is -0.469 e. The van der Waals surface area contributed by atoms with Crippen molar-refractivity contribution in [2.24, 2.45) is 12.8 Å². The molecule has 0 saturated carbocycles. The summed E-state index contributed by atoms with van der Waals surface area (Å²) < 4.78 is 8.35. The van der Waals surface area contributed by atoms with Gasteiger partial charge >= 0.3 is 0 Å². The monoisotopic (exact) mass is 311 g/mol. The number of rotatable bonds is 4. The fourth-order valence-corrected chi connectivity index (χ4v) is 2.69. The molecule has 0 amide bonds. The third kappa shape index (κ3) is 2.37. The molecule has 4 nitrogen and oxygen atoms in total. The average Bonchev–Trinajstić information content (AvgIpc) is 2.90. The second-order valence-electron chi connectivity index (χ2n) is 4.43. The molecule has 18 heavy (non-hydrogen) atoms. The van der Waals surface area contributed by atoms with Crippen LogP contribution in [0, 0.1) is 6.92 Å². The maximum atomic E-state index is 6.27. The molecule has 0 aliphatic carbocycles. The number of halogens is 1. The van der Waals surface area contributed by atoms with E-state index >= 15 is 0 Å². The highest BCUT2D eigenvalue weighted by Crippen LogP contribution is 2.26. The quantitative estimate of drug-likeness (QED) is 0.944. The van der Waals surface area contributed by atoms with Crippen molar-refractivity contribution in [3.05, 3.63) is 39.5 Å². The van der Waals surface area contributed by atoms with Gasteiger partial charge in [-0.05, 0) is 28.9 Å².